The third-order valence-corrected chi connectivity index (χ3v) is 5.26. The van der Waals surface area contributed by atoms with Crippen LogP contribution >= 0.6 is 24.0 Å². The van der Waals surface area contributed by atoms with E-state index in [0.29, 0.717) is 0 Å². The second kappa shape index (κ2) is 4.78. The summed E-state index contributed by atoms with van der Waals surface area (Å²) >= 11 is 6.29. The first kappa shape index (κ1) is 11.8. The van der Waals surface area contributed by atoms with Crippen LogP contribution in [-0.2, 0) is 5.75 Å². The van der Waals surface area contributed by atoms with E-state index >= 15 is 0 Å². The summed E-state index contributed by atoms with van der Waals surface area (Å²) in [7, 11) is 2.19. The van der Waals surface area contributed by atoms with Crippen LogP contribution in [0.3, 0.4) is 0 Å². The normalized spacial score (nSPS) is 22.1. The summed E-state index contributed by atoms with van der Waals surface area (Å²) in [4.78, 5) is 11.1. The summed E-state index contributed by atoms with van der Waals surface area (Å²) in [5.74, 6) is 1.59. The maximum absolute atomic E-state index is 4.87. The number of thiol groups is 1. The van der Waals surface area contributed by atoms with Gasteiger partial charge in [-0.15, -0.1) is 11.3 Å². The number of rotatable bonds is 3. The Morgan fingerprint density at radius 1 is 1.29 bits per heavy atom. The summed E-state index contributed by atoms with van der Waals surface area (Å²) in [6.45, 7) is 4.52. The molecule has 1 saturated heterocycles. The fourth-order valence-electron chi connectivity index (χ4n) is 2.27. The van der Waals surface area contributed by atoms with Gasteiger partial charge in [0.2, 0.25) is 0 Å². The highest BCUT2D eigenvalue weighted by Crippen LogP contribution is 2.44. The van der Waals surface area contributed by atoms with E-state index in [-0.39, 0.29) is 0 Å². The Bertz CT molecular complexity index is 392. The molecule has 2 aliphatic rings. The molecule has 1 aliphatic heterocycles. The van der Waals surface area contributed by atoms with Crippen LogP contribution in [0.2, 0.25) is 0 Å². The second-order valence-corrected chi connectivity index (χ2v) is 6.41. The molecule has 0 radical (unpaired) electrons. The van der Waals surface area contributed by atoms with Crippen molar-refractivity contribution in [2.45, 2.75) is 24.5 Å². The van der Waals surface area contributed by atoms with Crippen molar-refractivity contribution in [2.75, 3.05) is 38.1 Å². The van der Waals surface area contributed by atoms with Crippen molar-refractivity contribution in [3.63, 3.8) is 0 Å². The van der Waals surface area contributed by atoms with E-state index in [2.05, 4.69) is 29.5 Å². The zero-order valence-corrected chi connectivity index (χ0v) is 11.9. The van der Waals surface area contributed by atoms with Crippen LogP contribution in [0.1, 0.15) is 29.3 Å². The van der Waals surface area contributed by atoms with Gasteiger partial charge in [0.25, 0.3) is 0 Å². The number of anilines is 1. The summed E-state index contributed by atoms with van der Waals surface area (Å²) < 4.78 is 0. The molecule has 1 aromatic heterocycles. The van der Waals surface area contributed by atoms with E-state index in [0.717, 1.165) is 37.8 Å². The third kappa shape index (κ3) is 2.46. The fraction of sp³-hybridized carbons (Fsp3) is 0.750. The highest BCUT2D eigenvalue weighted by molar-refractivity contribution is 7.79. The second-order valence-electron chi connectivity index (χ2n) is 5.03. The fourth-order valence-corrected chi connectivity index (χ4v) is 3.69. The minimum atomic E-state index is 0.745. The van der Waals surface area contributed by atoms with Crippen molar-refractivity contribution in [1.29, 1.82) is 0 Å². The van der Waals surface area contributed by atoms with Gasteiger partial charge in [-0.2, -0.15) is 12.6 Å². The molecule has 0 unspecified atom stereocenters. The minimum Gasteiger partial charge on any atom is -0.346 e. The number of thiazole rings is 1. The highest BCUT2D eigenvalue weighted by atomic mass is 32.1. The molecule has 1 saturated carbocycles. The van der Waals surface area contributed by atoms with Crippen LogP contribution in [0.5, 0.6) is 0 Å². The van der Waals surface area contributed by atoms with Gasteiger partial charge in [0.15, 0.2) is 5.13 Å². The predicted molar refractivity (Wildman–Crippen MR) is 76.5 cm³/mol. The molecule has 0 amide bonds. The Morgan fingerprint density at radius 3 is 2.59 bits per heavy atom. The van der Waals surface area contributed by atoms with E-state index in [4.69, 9.17) is 4.98 Å². The maximum atomic E-state index is 4.87. The summed E-state index contributed by atoms with van der Waals surface area (Å²) in [6, 6.07) is 0. The van der Waals surface area contributed by atoms with Gasteiger partial charge in [-0.05, 0) is 19.9 Å². The lowest BCUT2D eigenvalue weighted by molar-refractivity contribution is 0.312. The van der Waals surface area contributed by atoms with Gasteiger partial charge in [0.05, 0.1) is 5.69 Å². The van der Waals surface area contributed by atoms with Gasteiger partial charge in [0, 0.05) is 42.7 Å². The van der Waals surface area contributed by atoms with Gasteiger partial charge >= 0.3 is 0 Å². The zero-order chi connectivity index (χ0) is 11.8. The summed E-state index contributed by atoms with van der Waals surface area (Å²) in [5.41, 5.74) is 1.35. The summed E-state index contributed by atoms with van der Waals surface area (Å²) in [6.07, 6.45) is 2.65. The lowest BCUT2D eigenvalue weighted by atomic mass is 10.3. The molecule has 0 aromatic carbocycles. The van der Waals surface area contributed by atoms with Crippen molar-refractivity contribution in [1.82, 2.24) is 9.88 Å². The van der Waals surface area contributed by atoms with Gasteiger partial charge in [-0.1, -0.05) is 0 Å². The molecule has 3 nitrogen and oxygen atoms in total. The van der Waals surface area contributed by atoms with E-state index < -0.39 is 0 Å². The molecule has 2 fully saturated rings. The third-order valence-electron chi connectivity index (χ3n) is 3.60. The molecule has 17 heavy (non-hydrogen) atoms. The van der Waals surface area contributed by atoms with Crippen molar-refractivity contribution >= 4 is 29.1 Å². The number of hydrogen-bond donors (Lipinski definition) is 1. The van der Waals surface area contributed by atoms with E-state index in [1.54, 1.807) is 0 Å². The molecule has 0 N–H and O–H groups in total. The Labute approximate surface area is 112 Å². The number of nitrogens with zero attached hydrogens (tertiary/aromatic N) is 3. The van der Waals surface area contributed by atoms with Crippen molar-refractivity contribution < 1.29 is 0 Å². The number of piperazine rings is 1. The Balaban J connectivity index is 1.78. The lowest BCUT2D eigenvalue weighted by Crippen LogP contribution is -2.44. The first-order chi connectivity index (χ1) is 8.28. The van der Waals surface area contributed by atoms with Gasteiger partial charge in [-0.3, -0.25) is 0 Å². The molecular formula is C12H19N3S2. The molecule has 94 valence electrons. The maximum Gasteiger partial charge on any atom is 0.185 e. The van der Waals surface area contributed by atoms with E-state index in [1.807, 2.05) is 11.3 Å². The van der Waals surface area contributed by atoms with Gasteiger partial charge in [-0.25, -0.2) is 4.98 Å². The Hall–Kier alpha value is -0.260. The monoisotopic (exact) mass is 269 g/mol. The smallest absolute Gasteiger partial charge is 0.185 e. The van der Waals surface area contributed by atoms with Gasteiger partial charge < -0.3 is 9.80 Å². The molecule has 3 rings (SSSR count). The topological polar surface area (TPSA) is 19.4 Å². The standard InChI is InChI=1S/C12H19N3S2/c1-14-4-6-15(7-5-14)12-13-11(9-2-3-9)10(8-16)17-12/h9,16H,2-8H2,1H3. The molecule has 1 aromatic rings. The van der Waals surface area contributed by atoms with Gasteiger partial charge in [0.1, 0.15) is 0 Å². The van der Waals surface area contributed by atoms with Crippen LogP contribution in [-0.4, -0.2) is 43.1 Å². The zero-order valence-electron chi connectivity index (χ0n) is 10.2. The molecule has 2 heterocycles. The first-order valence-corrected chi connectivity index (χ1v) is 7.77. The van der Waals surface area contributed by atoms with Crippen LogP contribution in [0, 0.1) is 0 Å². The summed E-state index contributed by atoms with van der Waals surface area (Å²) in [5, 5.41) is 1.23. The number of likely N-dealkylation sites (N-methyl/N-ethyl adjacent to an activating group) is 1. The van der Waals surface area contributed by atoms with Crippen LogP contribution < -0.4 is 4.90 Å². The quantitative estimate of drug-likeness (QED) is 0.849. The number of hydrogen-bond acceptors (Lipinski definition) is 5. The SMILES string of the molecule is CN1CCN(c2nc(C3CC3)c(CS)s2)CC1. The van der Waals surface area contributed by atoms with E-state index in [1.165, 1.54) is 28.5 Å². The van der Waals surface area contributed by atoms with E-state index in [9.17, 15) is 0 Å². The van der Waals surface area contributed by atoms with Crippen LogP contribution in [0.15, 0.2) is 0 Å². The van der Waals surface area contributed by atoms with Crippen molar-refractivity contribution in [3.8, 4) is 0 Å². The largest absolute Gasteiger partial charge is 0.346 e. The molecule has 1 aliphatic carbocycles. The van der Waals surface area contributed by atoms with Crippen LogP contribution in [0.4, 0.5) is 5.13 Å². The average molecular weight is 269 g/mol. The first-order valence-electron chi connectivity index (χ1n) is 6.32. The molecule has 0 bridgehead atoms. The predicted octanol–water partition coefficient (Wildman–Crippen LogP) is 2.20. The van der Waals surface area contributed by atoms with Crippen molar-refractivity contribution in [2.24, 2.45) is 0 Å². The number of aromatic nitrogens is 1. The lowest BCUT2D eigenvalue weighted by Gasteiger charge is -2.32. The van der Waals surface area contributed by atoms with Crippen molar-refractivity contribution in [3.05, 3.63) is 10.6 Å². The Kier molecular flexibility index (Phi) is 3.32. The van der Waals surface area contributed by atoms with Crippen LogP contribution in [0.25, 0.3) is 0 Å². The minimum absolute atomic E-state index is 0.745. The molecule has 5 heteroatoms. The highest BCUT2D eigenvalue weighted by Gasteiger charge is 2.30. The average Bonchev–Trinajstić information content (AvgIpc) is 3.10. The molecular weight excluding hydrogens is 250 g/mol. The molecule has 0 spiro atoms. The molecule has 0 atom stereocenters. The Morgan fingerprint density at radius 2 is 2.00 bits per heavy atom.